The lowest BCUT2D eigenvalue weighted by atomic mass is 9.98. The van der Waals surface area contributed by atoms with Crippen LogP contribution in [0.3, 0.4) is 0 Å². The number of halogens is 5. The molecule has 20 heavy (non-hydrogen) atoms. The van der Waals surface area contributed by atoms with Crippen LogP contribution >= 0.6 is 23.2 Å². The van der Waals surface area contributed by atoms with E-state index in [1.807, 2.05) is 0 Å². The molecule has 1 nitrogen and oxygen atoms in total. The number of ketones is 1. The number of carbonyl (C=O) groups is 1. The van der Waals surface area contributed by atoms with E-state index in [1.165, 1.54) is 24.3 Å². The second-order valence-electron chi connectivity index (χ2n) is 3.97. The molecule has 2 rings (SSSR count). The Morgan fingerprint density at radius 2 is 1.40 bits per heavy atom. The molecular weight excluding hydrogens is 312 g/mol. The maximum atomic E-state index is 13.0. The van der Waals surface area contributed by atoms with Crippen molar-refractivity contribution in [2.24, 2.45) is 0 Å². The van der Waals surface area contributed by atoms with E-state index >= 15 is 0 Å². The van der Waals surface area contributed by atoms with E-state index < -0.39 is 28.1 Å². The summed E-state index contributed by atoms with van der Waals surface area (Å²) in [6, 6.07) is 9.38. The molecule has 0 unspecified atom stereocenters. The summed E-state index contributed by atoms with van der Waals surface area (Å²) in [6.07, 6.45) is -4.72. The van der Waals surface area contributed by atoms with Crippen LogP contribution in [0.15, 0.2) is 42.5 Å². The summed E-state index contributed by atoms with van der Waals surface area (Å²) in [6.45, 7) is 0. The van der Waals surface area contributed by atoms with Crippen LogP contribution in [0.2, 0.25) is 10.0 Å². The molecule has 0 fully saturated rings. The fourth-order valence-corrected chi connectivity index (χ4v) is 2.30. The van der Waals surface area contributed by atoms with Crippen LogP contribution in [0.25, 0.3) is 0 Å². The summed E-state index contributed by atoms with van der Waals surface area (Å²) < 4.78 is 39.0. The minimum atomic E-state index is -4.72. The van der Waals surface area contributed by atoms with Gasteiger partial charge >= 0.3 is 6.18 Å². The van der Waals surface area contributed by atoms with Crippen LogP contribution in [0.5, 0.6) is 0 Å². The fraction of sp³-hybridized carbons (Fsp3) is 0.0714. The average molecular weight is 319 g/mol. The van der Waals surface area contributed by atoms with Crippen molar-refractivity contribution in [3.63, 3.8) is 0 Å². The molecule has 0 aromatic heterocycles. The van der Waals surface area contributed by atoms with Crippen molar-refractivity contribution in [3.8, 4) is 0 Å². The van der Waals surface area contributed by atoms with Crippen LogP contribution in [-0.2, 0) is 6.18 Å². The number of benzene rings is 2. The van der Waals surface area contributed by atoms with Crippen molar-refractivity contribution in [3.05, 3.63) is 69.2 Å². The monoisotopic (exact) mass is 318 g/mol. The molecule has 0 heterocycles. The summed E-state index contributed by atoms with van der Waals surface area (Å²) in [4.78, 5) is 12.2. The minimum absolute atomic E-state index is 0.00179. The summed E-state index contributed by atoms with van der Waals surface area (Å²) in [5.74, 6) is -0.814. The lowest BCUT2D eigenvalue weighted by Crippen LogP contribution is -2.14. The molecule has 0 radical (unpaired) electrons. The Bertz CT molecular complexity index is 666. The second-order valence-corrected chi connectivity index (χ2v) is 4.78. The van der Waals surface area contributed by atoms with Gasteiger partial charge in [-0.3, -0.25) is 4.79 Å². The first kappa shape index (κ1) is 14.9. The third kappa shape index (κ3) is 2.81. The van der Waals surface area contributed by atoms with Gasteiger partial charge in [0.2, 0.25) is 0 Å². The summed E-state index contributed by atoms with van der Waals surface area (Å²) in [7, 11) is 0. The van der Waals surface area contributed by atoms with Crippen molar-refractivity contribution in [2.75, 3.05) is 0 Å². The normalized spacial score (nSPS) is 11.4. The predicted molar refractivity (Wildman–Crippen MR) is 71.3 cm³/mol. The predicted octanol–water partition coefficient (Wildman–Crippen LogP) is 5.24. The van der Waals surface area contributed by atoms with Crippen LogP contribution in [0.4, 0.5) is 13.2 Å². The Hall–Kier alpha value is -1.52. The van der Waals surface area contributed by atoms with Gasteiger partial charge in [0.15, 0.2) is 5.78 Å². The molecule has 0 aliphatic heterocycles. The Labute approximate surface area is 122 Å². The van der Waals surface area contributed by atoms with Crippen LogP contribution < -0.4 is 0 Å². The molecular formula is C14H7Cl2F3O. The zero-order chi connectivity index (χ0) is 14.9. The molecule has 104 valence electrons. The van der Waals surface area contributed by atoms with Gasteiger partial charge in [-0.2, -0.15) is 13.2 Å². The molecule has 2 aromatic rings. The van der Waals surface area contributed by atoms with Gasteiger partial charge in [0, 0.05) is 11.1 Å². The van der Waals surface area contributed by atoms with E-state index in [4.69, 9.17) is 23.2 Å². The van der Waals surface area contributed by atoms with E-state index in [0.29, 0.717) is 0 Å². The Balaban J connectivity index is 2.63. The molecule has 0 spiro atoms. The molecule has 6 heteroatoms. The molecule has 0 aliphatic rings. The highest BCUT2D eigenvalue weighted by Gasteiger charge is 2.37. The van der Waals surface area contributed by atoms with Crippen LogP contribution in [0.1, 0.15) is 21.5 Å². The highest BCUT2D eigenvalue weighted by molar-refractivity contribution is 6.35. The molecule has 0 atom stereocenters. The third-order valence-corrected chi connectivity index (χ3v) is 3.30. The first-order valence-electron chi connectivity index (χ1n) is 5.47. The van der Waals surface area contributed by atoms with E-state index in [1.54, 1.807) is 6.07 Å². The minimum Gasteiger partial charge on any atom is -0.289 e. The summed E-state index contributed by atoms with van der Waals surface area (Å²) in [5, 5.41) is -0.430. The van der Waals surface area contributed by atoms with Gasteiger partial charge in [-0.1, -0.05) is 47.5 Å². The molecule has 0 bridgehead atoms. The highest BCUT2D eigenvalue weighted by atomic mass is 35.5. The summed E-state index contributed by atoms with van der Waals surface area (Å²) >= 11 is 11.4. The maximum Gasteiger partial charge on any atom is 0.418 e. The number of rotatable bonds is 2. The Morgan fingerprint density at radius 3 is 2.00 bits per heavy atom. The molecule has 2 aromatic carbocycles. The van der Waals surface area contributed by atoms with Gasteiger partial charge in [-0.15, -0.1) is 0 Å². The zero-order valence-corrected chi connectivity index (χ0v) is 11.4. The van der Waals surface area contributed by atoms with Crippen molar-refractivity contribution in [1.82, 2.24) is 0 Å². The molecule has 0 amide bonds. The standard InChI is InChI=1S/C14H7Cl2F3O/c15-10-6-2-1-4-8(10)13(20)9-5-3-7-11(16)12(9)14(17,18)19/h1-7H. The number of alkyl halides is 3. The van der Waals surface area contributed by atoms with Gasteiger partial charge in [0.1, 0.15) is 0 Å². The Kier molecular flexibility index (Phi) is 4.06. The second kappa shape index (κ2) is 5.46. The third-order valence-electron chi connectivity index (χ3n) is 2.66. The van der Waals surface area contributed by atoms with Crippen molar-refractivity contribution in [1.29, 1.82) is 0 Å². The largest absolute Gasteiger partial charge is 0.418 e. The number of carbonyl (C=O) groups excluding carboxylic acids is 1. The van der Waals surface area contributed by atoms with Crippen LogP contribution in [0, 0.1) is 0 Å². The lowest BCUT2D eigenvalue weighted by Gasteiger charge is -2.14. The first-order valence-corrected chi connectivity index (χ1v) is 6.23. The van der Waals surface area contributed by atoms with Crippen molar-refractivity contribution < 1.29 is 18.0 Å². The van der Waals surface area contributed by atoms with E-state index in [9.17, 15) is 18.0 Å². The summed E-state index contributed by atoms with van der Waals surface area (Å²) in [5.41, 5.74) is -1.66. The van der Waals surface area contributed by atoms with E-state index in [0.717, 1.165) is 12.1 Å². The first-order chi connectivity index (χ1) is 9.32. The molecule has 0 saturated heterocycles. The quantitative estimate of drug-likeness (QED) is 0.692. The topological polar surface area (TPSA) is 17.1 Å². The van der Waals surface area contributed by atoms with Gasteiger partial charge in [0.05, 0.1) is 15.6 Å². The highest BCUT2D eigenvalue weighted by Crippen LogP contribution is 2.38. The maximum absolute atomic E-state index is 13.0. The van der Waals surface area contributed by atoms with Gasteiger partial charge in [-0.05, 0) is 18.2 Å². The average Bonchev–Trinajstić information content (AvgIpc) is 2.36. The van der Waals surface area contributed by atoms with Gasteiger partial charge in [0.25, 0.3) is 0 Å². The Morgan fingerprint density at radius 1 is 0.850 bits per heavy atom. The number of hydrogen-bond donors (Lipinski definition) is 0. The molecule has 0 saturated carbocycles. The zero-order valence-electron chi connectivity index (χ0n) is 9.84. The van der Waals surface area contributed by atoms with Gasteiger partial charge < -0.3 is 0 Å². The van der Waals surface area contributed by atoms with Crippen molar-refractivity contribution in [2.45, 2.75) is 6.18 Å². The molecule has 0 N–H and O–H groups in total. The SMILES string of the molecule is O=C(c1ccccc1Cl)c1cccc(Cl)c1C(F)(F)F. The van der Waals surface area contributed by atoms with Gasteiger partial charge in [-0.25, -0.2) is 0 Å². The van der Waals surface area contributed by atoms with Crippen LogP contribution in [-0.4, -0.2) is 5.78 Å². The fourth-order valence-electron chi connectivity index (χ4n) is 1.79. The van der Waals surface area contributed by atoms with E-state index in [2.05, 4.69) is 0 Å². The van der Waals surface area contributed by atoms with E-state index in [-0.39, 0.29) is 10.6 Å². The molecule has 0 aliphatic carbocycles. The number of hydrogen-bond acceptors (Lipinski definition) is 1. The van der Waals surface area contributed by atoms with Crippen molar-refractivity contribution >= 4 is 29.0 Å². The smallest absolute Gasteiger partial charge is 0.289 e. The lowest BCUT2D eigenvalue weighted by molar-refractivity contribution is -0.137.